The Labute approximate surface area is 98.2 Å². The Morgan fingerprint density at radius 3 is 2.75 bits per heavy atom. The highest BCUT2D eigenvalue weighted by Gasteiger charge is 2.10. The first-order chi connectivity index (χ1) is 7.53. The lowest BCUT2D eigenvalue weighted by Crippen LogP contribution is -2.13. The molecule has 90 valence electrons. The zero-order valence-corrected chi connectivity index (χ0v) is 10.7. The molecule has 0 aliphatic heterocycles. The molecule has 0 aliphatic rings. The molecule has 0 atom stereocenters. The minimum absolute atomic E-state index is 0.316. The maximum Gasteiger partial charge on any atom is 0.126 e. The normalized spacial score (nSPS) is 11.5. The lowest BCUT2D eigenvalue weighted by Gasteiger charge is -2.18. The topological polar surface area (TPSA) is 34.2 Å². The van der Waals surface area contributed by atoms with Crippen LogP contribution >= 0.6 is 0 Å². The first kappa shape index (κ1) is 13.0. The number of ether oxygens (including phenoxy) is 1. The third kappa shape index (κ3) is 4.62. The summed E-state index contributed by atoms with van der Waals surface area (Å²) < 4.78 is 5.79. The van der Waals surface area contributed by atoms with E-state index >= 15 is 0 Å². The lowest BCUT2D eigenvalue weighted by atomic mass is 9.93. The van der Waals surface area contributed by atoms with Gasteiger partial charge in [-0.2, -0.15) is 0 Å². The highest BCUT2D eigenvalue weighted by molar-refractivity contribution is 5.29. The van der Waals surface area contributed by atoms with Crippen LogP contribution in [0.15, 0.2) is 18.5 Å². The molecule has 1 aromatic heterocycles. The van der Waals surface area contributed by atoms with Gasteiger partial charge in [0, 0.05) is 24.5 Å². The van der Waals surface area contributed by atoms with Gasteiger partial charge in [-0.1, -0.05) is 20.8 Å². The molecule has 3 nitrogen and oxygen atoms in total. The number of hydrogen-bond acceptors (Lipinski definition) is 3. The number of rotatable bonds is 5. The molecule has 16 heavy (non-hydrogen) atoms. The minimum atomic E-state index is 0.316. The maximum atomic E-state index is 5.79. The molecule has 0 unspecified atom stereocenters. The molecule has 0 amide bonds. The fraction of sp³-hybridized carbons (Fsp3) is 0.615. The van der Waals surface area contributed by atoms with E-state index in [0.29, 0.717) is 5.41 Å². The van der Waals surface area contributed by atoms with Crippen LogP contribution in [0.5, 0.6) is 5.75 Å². The fourth-order valence-corrected chi connectivity index (χ4v) is 1.35. The van der Waals surface area contributed by atoms with Crippen molar-refractivity contribution in [1.29, 1.82) is 0 Å². The van der Waals surface area contributed by atoms with Crippen molar-refractivity contribution in [3.8, 4) is 5.75 Å². The van der Waals surface area contributed by atoms with Gasteiger partial charge in [-0.05, 0) is 24.9 Å². The lowest BCUT2D eigenvalue weighted by molar-refractivity contribution is 0.241. The van der Waals surface area contributed by atoms with E-state index in [4.69, 9.17) is 4.74 Å². The molecule has 1 N–H and O–H groups in total. The van der Waals surface area contributed by atoms with Gasteiger partial charge in [0.2, 0.25) is 0 Å². The molecular formula is C13H22N2O. The molecule has 0 bridgehead atoms. The van der Waals surface area contributed by atoms with E-state index in [-0.39, 0.29) is 0 Å². The van der Waals surface area contributed by atoms with Crippen LogP contribution < -0.4 is 10.1 Å². The van der Waals surface area contributed by atoms with Crippen LogP contribution in [0, 0.1) is 5.41 Å². The van der Waals surface area contributed by atoms with Crippen LogP contribution in [-0.4, -0.2) is 18.6 Å². The van der Waals surface area contributed by atoms with Gasteiger partial charge >= 0.3 is 0 Å². The second-order valence-electron chi connectivity index (χ2n) is 5.17. The number of nitrogens with one attached hydrogen (secondary N) is 1. The zero-order chi connectivity index (χ0) is 12.0. The predicted molar refractivity (Wildman–Crippen MR) is 66.6 cm³/mol. The first-order valence-corrected chi connectivity index (χ1v) is 5.73. The number of nitrogens with zero attached hydrogens (tertiary/aromatic N) is 1. The van der Waals surface area contributed by atoms with Gasteiger partial charge in [0.05, 0.1) is 6.61 Å². The Bertz CT molecular complexity index is 318. The van der Waals surface area contributed by atoms with E-state index in [0.717, 1.165) is 30.9 Å². The van der Waals surface area contributed by atoms with Crippen LogP contribution in [0.4, 0.5) is 0 Å². The summed E-state index contributed by atoms with van der Waals surface area (Å²) in [5, 5.41) is 3.11. The first-order valence-electron chi connectivity index (χ1n) is 5.73. The minimum Gasteiger partial charge on any atom is -0.493 e. The van der Waals surface area contributed by atoms with E-state index in [9.17, 15) is 0 Å². The summed E-state index contributed by atoms with van der Waals surface area (Å²) in [4.78, 5) is 4.10. The Hall–Kier alpha value is -1.09. The van der Waals surface area contributed by atoms with Gasteiger partial charge in [0.1, 0.15) is 5.75 Å². The van der Waals surface area contributed by atoms with Crippen LogP contribution in [0.2, 0.25) is 0 Å². The Morgan fingerprint density at radius 1 is 1.38 bits per heavy atom. The summed E-state index contributed by atoms with van der Waals surface area (Å²) in [6.45, 7) is 8.20. The van der Waals surface area contributed by atoms with Crippen molar-refractivity contribution in [2.75, 3.05) is 13.7 Å². The Morgan fingerprint density at radius 2 is 2.12 bits per heavy atom. The molecule has 0 saturated carbocycles. The average molecular weight is 222 g/mol. The summed E-state index contributed by atoms with van der Waals surface area (Å²) in [6.07, 6.45) is 4.67. The predicted octanol–water partition coefficient (Wildman–Crippen LogP) is 2.62. The fourth-order valence-electron chi connectivity index (χ4n) is 1.35. The average Bonchev–Trinajstić information content (AvgIpc) is 2.19. The van der Waals surface area contributed by atoms with Gasteiger partial charge in [-0.15, -0.1) is 0 Å². The summed E-state index contributed by atoms with van der Waals surface area (Å²) in [6, 6.07) is 1.93. The Kier molecular flexibility index (Phi) is 4.74. The van der Waals surface area contributed by atoms with Crippen LogP contribution in [0.25, 0.3) is 0 Å². The quantitative estimate of drug-likeness (QED) is 0.831. The van der Waals surface area contributed by atoms with Crippen molar-refractivity contribution in [2.45, 2.75) is 33.7 Å². The second-order valence-corrected chi connectivity index (χ2v) is 5.17. The monoisotopic (exact) mass is 222 g/mol. The highest BCUT2D eigenvalue weighted by atomic mass is 16.5. The number of pyridine rings is 1. The van der Waals surface area contributed by atoms with Crippen LogP contribution in [0.3, 0.4) is 0 Å². The molecule has 0 aromatic carbocycles. The van der Waals surface area contributed by atoms with Gasteiger partial charge in [0.15, 0.2) is 0 Å². The van der Waals surface area contributed by atoms with E-state index in [2.05, 4.69) is 31.1 Å². The third-order valence-corrected chi connectivity index (χ3v) is 2.34. The van der Waals surface area contributed by atoms with Gasteiger partial charge in [0.25, 0.3) is 0 Å². The van der Waals surface area contributed by atoms with E-state index in [1.807, 2.05) is 19.3 Å². The Balaban J connectivity index is 2.52. The second kappa shape index (κ2) is 5.85. The molecule has 0 spiro atoms. The van der Waals surface area contributed by atoms with Crippen molar-refractivity contribution in [3.63, 3.8) is 0 Å². The molecule has 0 saturated heterocycles. The summed E-state index contributed by atoms with van der Waals surface area (Å²) >= 11 is 0. The van der Waals surface area contributed by atoms with Crippen LogP contribution in [0.1, 0.15) is 32.8 Å². The summed E-state index contributed by atoms with van der Waals surface area (Å²) in [7, 11) is 1.92. The van der Waals surface area contributed by atoms with Gasteiger partial charge < -0.3 is 10.1 Å². The van der Waals surface area contributed by atoms with Crippen molar-refractivity contribution < 1.29 is 4.74 Å². The molecule has 3 heteroatoms. The number of hydrogen-bond donors (Lipinski definition) is 1. The van der Waals surface area contributed by atoms with Crippen molar-refractivity contribution >= 4 is 0 Å². The van der Waals surface area contributed by atoms with Gasteiger partial charge in [-0.25, -0.2) is 0 Å². The van der Waals surface area contributed by atoms with E-state index in [1.165, 1.54) is 0 Å². The third-order valence-electron chi connectivity index (χ3n) is 2.34. The molecule has 0 aliphatic carbocycles. The SMILES string of the molecule is CNCc1cnccc1OCCC(C)(C)C. The van der Waals surface area contributed by atoms with Crippen molar-refractivity contribution in [1.82, 2.24) is 10.3 Å². The van der Waals surface area contributed by atoms with Gasteiger partial charge in [-0.3, -0.25) is 4.98 Å². The van der Waals surface area contributed by atoms with E-state index < -0.39 is 0 Å². The van der Waals surface area contributed by atoms with E-state index in [1.54, 1.807) is 6.20 Å². The summed E-state index contributed by atoms with van der Waals surface area (Å²) in [5.41, 5.74) is 1.43. The standard InChI is InChI=1S/C13H22N2O/c1-13(2,3)6-8-16-12-5-7-15-10-11(12)9-14-4/h5,7,10,14H,6,8-9H2,1-4H3. The highest BCUT2D eigenvalue weighted by Crippen LogP contribution is 2.21. The molecule has 0 radical (unpaired) electrons. The maximum absolute atomic E-state index is 5.79. The largest absolute Gasteiger partial charge is 0.493 e. The number of aromatic nitrogens is 1. The zero-order valence-electron chi connectivity index (χ0n) is 10.7. The summed E-state index contributed by atoms with van der Waals surface area (Å²) in [5.74, 6) is 0.939. The molecule has 1 aromatic rings. The molecule has 0 fully saturated rings. The molecule has 1 heterocycles. The van der Waals surface area contributed by atoms with Crippen molar-refractivity contribution in [2.24, 2.45) is 5.41 Å². The van der Waals surface area contributed by atoms with Crippen LogP contribution in [-0.2, 0) is 6.54 Å². The molecule has 1 rings (SSSR count). The molecular weight excluding hydrogens is 200 g/mol. The van der Waals surface area contributed by atoms with Crippen molar-refractivity contribution in [3.05, 3.63) is 24.0 Å². The smallest absolute Gasteiger partial charge is 0.126 e.